The van der Waals surface area contributed by atoms with Gasteiger partial charge >= 0.3 is 0 Å². The molecular formula is C13H17N3O4. The van der Waals surface area contributed by atoms with Crippen LogP contribution in [0.4, 0.5) is 0 Å². The molecule has 1 aromatic heterocycles. The molecule has 1 aromatic rings. The first kappa shape index (κ1) is 13.0. The van der Waals surface area contributed by atoms with Gasteiger partial charge in [0.2, 0.25) is 5.91 Å². The average molecular weight is 279 g/mol. The van der Waals surface area contributed by atoms with Crippen molar-refractivity contribution in [3.05, 3.63) is 17.9 Å². The smallest absolute Gasteiger partial charge is 0.289 e. The van der Waals surface area contributed by atoms with Crippen LogP contribution in [0, 0.1) is 0 Å². The fourth-order valence-corrected chi connectivity index (χ4v) is 2.66. The van der Waals surface area contributed by atoms with Crippen molar-refractivity contribution in [2.45, 2.75) is 6.04 Å². The molecule has 7 heteroatoms. The van der Waals surface area contributed by atoms with E-state index in [1.165, 1.54) is 7.11 Å². The lowest BCUT2D eigenvalue weighted by molar-refractivity contribution is -0.131. The maximum atomic E-state index is 12.3. The van der Waals surface area contributed by atoms with Crippen LogP contribution in [-0.4, -0.2) is 67.5 Å². The Morgan fingerprint density at radius 3 is 3.00 bits per heavy atom. The minimum Gasteiger partial charge on any atom is -0.468 e. The summed E-state index contributed by atoms with van der Waals surface area (Å²) in [5.41, 5.74) is 0. The van der Waals surface area contributed by atoms with Gasteiger partial charge in [0.15, 0.2) is 5.76 Å². The molecule has 1 N–H and O–H groups in total. The van der Waals surface area contributed by atoms with Gasteiger partial charge < -0.3 is 19.4 Å². The van der Waals surface area contributed by atoms with Crippen molar-refractivity contribution < 1.29 is 18.7 Å². The fraction of sp³-hybridized carbons (Fsp3) is 0.538. The SMILES string of the molecule is COc1ccc(C(=O)N2CCN3CCNC(=O)C3C2)o1. The lowest BCUT2D eigenvalue weighted by atomic mass is 10.1. The van der Waals surface area contributed by atoms with Crippen LogP contribution in [0.2, 0.25) is 0 Å². The summed E-state index contributed by atoms with van der Waals surface area (Å²) in [5, 5.41) is 2.83. The molecule has 20 heavy (non-hydrogen) atoms. The quantitative estimate of drug-likeness (QED) is 0.793. The lowest BCUT2D eigenvalue weighted by Crippen LogP contribution is -2.64. The Labute approximate surface area is 116 Å². The van der Waals surface area contributed by atoms with Gasteiger partial charge in [-0.15, -0.1) is 0 Å². The van der Waals surface area contributed by atoms with Crippen LogP contribution in [0.1, 0.15) is 10.6 Å². The van der Waals surface area contributed by atoms with Gasteiger partial charge in [0.05, 0.1) is 7.11 Å². The van der Waals surface area contributed by atoms with Crippen LogP contribution in [0.3, 0.4) is 0 Å². The second kappa shape index (κ2) is 5.16. The number of nitrogens with zero attached hydrogens (tertiary/aromatic N) is 2. The largest absolute Gasteiger partial charge is 0.468 e. The molecular weight excluding hydrogens is 262 g/mol. The molecule has 0 aliphatic carbocycles. The zero-order valence-electron chi connectivity index (χ0n) is 11.3. The number of carbonyl (C=O) groups excluding carboxylic acids is 2. The molecule has 3 rings (SSSR count). The van der Waals surface area contributed by atoms with E-state index in [2.05, 4.69) is 10.2 Å². The third-order valence-electron chi connectivity index (χ3n) is 3.77. The molecule has 0 saturated carbocycles. The predicted octanol–water partition coefficient (Wildman–Crippen LogP) is -0.456. The molecule has 7 nitrogen and oxygen atoms in total. The first-order chi connectivity index (χ1) is 9.69. The highest BCUT2D eigenvalue weighted by atomic mass is 16.6. The molecule has 2 aliphatic heterocycles. The normalized spacial score (nSPS) is 23.1. The predicted molar refractivity (Wildman–Crippen MR) is 69.5 cm³/mol. The first-order valence-electron chi connectivity index (χ1n) is 6.64. The lowest BCUT2D eigenvalue weighted by Gasteiger charge is -2.42. The molecule has 108 valence electrons. The molecule has 0 aromatic carbocycles. The average Bonchev–Trinajstić information content (AvgIpc) is 2.95. The second-order valence-electron chi connectivity index (χ2n) is 4.92. The second-order valence-corrected chi connectivity index (χ2v) is 4.92. The van der Waals surface area contributed by atoms with Crippen molar-refractivity contribution in [2.24, 2.45) is 0 Å². The van der Waals surface area contributed by atoms with Crippen molar-refractivity contribution in [3.8, 4) is 5.95 Å². The number of nitrogens with one attached hydrogen (secondary N) is 1. The molecule has 2 saturated heterocycles. The Morgan fingerprint density at radius 2 is 2.25 bits per heavy atom. The topological polar surface area (TPSA) is 75.0 Å². The summed E-state index contributed by atoms with van der Waals surface area (Å²) in [7, 11) is 1.48. The van der Waals surface area contributed by atoms with Gasteiger partial charge in [-0.3, -0.25) is 14.5 Å². The number of rotatable bonds is 2. The van der Waals surface area contributed by atoms with Gasteiger partial charge in [-0.2, -0.15) is 0 Å². The van der Waals surface area contributed by atoms with Crippen LogP contribution in [0.15, 0.2) is 16.5 Å². The number of carbonyl (C=O) groups is 2. The van der Waals surface area contributed by atoms with Crippen molar-refractivity contribution in [1.29, 1.82) is 0 Å². The maximum absolute atomic E-state index is 12.3. The Balaban J connectivity index is 1.71. The van der Waals surface area contributed by atoms with Gasteiger partial charge in [-0.25, -0.2) is 0 Å². The van der Waals surface area contributed by atoms with E-state index < -0.39 is 0 Å². The molecule has 2 fully saturated rings. The number of amides is 2. The highest BCUT2D eigenvalue weighted by Crippen LogP contribution is 2.19. The molecule has 0 spiro atoms. The van der Waals surface area contributed by atoms with Crippen LogP contribution >= 0.6 is 0 Å². The third-order valence-corrected chi connectivity index (χ3v) is 3.77. The number of furan rings is 1. The standard InChI is InChI=1S/C13H17N3O4/c1-19-11-3-2-10(20-11)13(18)16-7-6-15-5-4-14-12(17)9(15)8-16/h2-3,9H,4-8H2,1H3,(H,14,17). The summed E-state index contributed by atoms with van der Waals surface area (Å²) in [6, 6.07) is 2.95. The fourth-order valence-electron chi connectivity index (χ4n) is 2.66. The zero-order chi connectivity index (χ0) is 14.1. The van der Waals surface area contributed by atoms with Gasteiger partial charge in [0.1, 0.15) is 6.04 Å². The summed E-state index contributed by atoms with van der Waals surface area (Å²) in [6.45, 7) is 3.23. The first-order valence-corrected chi connectivity index (χ1v) is 6.64. The van der Waals surface area contributed by atoms with E-state index in [0.29, 0.717) is 32.1 Å². The maximum Gasteiger partial charge on any atom is 0.289 e. The molecule has 1 unspecified atom stereocenters. The number of piperazine rings is 2. The highest BCUT2D eigenvalue weighted by molar-refractivity contribution is 5.92. The Hall–Kier alpha value is -2.02. The Bertz CT molecular complexity index is 527. The number of ether oxygens (including phenoxy) is 1. The summed E-state index contributed by atoms with van der Waals surface area (Å²) in [5.74, 6) is 0.339. The monoisotopic (exact) mass is 279 g/mol. The molecule has 2 amide bonds. The zero-order valence-corrected chi connectivity index (χ0v) is 11.3. The van der Waals surface area contributed by atoms with Crippen LogP contribution < -0.4 is 10.1 Å². The number of hydrogen-bond acceptors (Lipinski definition) is 5. The van der Waals surface area contributed by atoms with Crippen molar-refractivity contribution >= 4 is 11.8 Å². The van der Waals surface area contributed by atoms with Gasteiger partial charge in [0.25, 0.3) is 11.9 Å². The molecule has 1 atom stereocenters. The van der Waals surface area contributed by atoms with Crippen molar-refractivity contribution in [3.63, 3.8) is 0 Å². The van der Waals surface area contributed by atoms with E-state index in [9.17, 15) is 9.59 Å². The molecule has 0 bridgehead atoms. The van der Waals surface area contributed by atoms with Gasteiger partial charge in [0, 0.05) is 38.8 Å². The van der Waals surface area contributed by atoms with Gasteiger partial charge in [-0.1, -0.05) is 0 Å². The van der Waals surface area contributed by atoms with E-state index in [4.69, 9.17) is 9.15 Å². The highest BCUT2D eigenvalue weighted by Gasteiger charge is 2.37. The minimum atomic E-state index is -0.252. The van der Waals surface area contributed by atoms with E-state index in [1.807, 2.05) is 0 Å². The van der Waals surface area contributed by atoms with Crippen LogP contribution in [-0.2, 0) is 4.79 Å². The summed E-state index contributed by atoms with van der Waals surface area (Å²) < 4.78 is 10.2. The molecule has 3 heterocycles. The van der Waals surface area contributed by atoms with E-state index in [1.54, 1.807) is 17.0 Å². The Kier molecular flexibility index (Phi) is 3.35. The van der Waals surface area contributed by atoms with E-state index in [-0.39, 0.29) is 23.6 Å². The van der Waals surface area contributed by atoms with Crippen LogP contribution in [0.5, 0.6) is 5.95 Å². The van der Waals surface area contributed by atoms with E-state index in [0.717, 1.165) is 6.54 Å². The van der Waals surface area contributed by atoms with Crippen molar-refractivity contribution in [1.82, 2.24) is 15.1 Å². The van der Waals surface area contributed by atoms with E-state index >= 15 is 0 Å². The summed E-state index contributed by atoms with van der Waals surface area (Å²) in [4.78, 5) is 28.0. The van der Waals surface area contributed by atoms with Crippen LogP contribution in [0.25, 0.3) is 0 Å². The van der Waals surface area contributed by atoms with Gasteiger partial charge in [-0.05, 0) is 6.07 Å². The van der Waals surface area contributed by atoms with Crippen molar-refractivity contribution in [2.75, 3.05) is 39.8 Å². The number of fused-ring (bicyclic) bond motifs is 1. The molecule has 0 radical (unpaired) electrons. The number of methoxy groups -OCH3 is 1. The Morgan fingerprint density at radius 1 is 1.40 bits per heavy atom. The molecule has 2 aliphatic rings. The summed E-state index contributed by atoms with van der Waals surface area (Å²) >= 11 is 0. The minimum absolute atomic E-state index is 0.00854. The third kappa shape index (κ3) is 2.24. The number of hydrogen-bond donors (Lipinski definition) is 1. The summed E-state index contributed by atoms with van der Waals surface area (Å²) in [6.07, 6.45) is 0.